The highest BCUT2D eigenvalue weighted by Crippen LogP contribution is 2.41. The number of benzene rings is 2. The third-order valence-corrected chi connectivity index (χ3v) is 6.99. The molecule has 0 spiro atoms. The number of halogens is 1. The van der Waals surface area contributed by atoms with Crippen molar-refractivity contribution in [2.75, 3.05) is 16.4 Å². The van der Waals surface area contributed by atoms with Crippen molar-refractivity contribution in [3.8, 4) is 6.07 Å². The Morgan fingerprint density at radius 1 is 1.09 bits per heavy atom. The summed E-state index contributed by atoms with van der Waals surface area (Å²) in [4.78, 5) is 25.8. The average molecular weight is 505 g/mol. The Balaban J connectivity index is 1.57. The number of dihydropyridines is 1. The second-order valence-electron chi connectivity index (χ2n) is 7.67. The van der Waals surface area contributed by atoms with Crippen molar-refractivity contribution in [2.45, 2.75) is 12.8 Å². The molecule has 2 heterocycles. The van der Waals surface area contributed by atoms with Crippen LogP contribution in [0.4, 0.5) is 15.8 Å². The third kappa shape index (κ3) is 5.80. The maximum absolute atomic E-state index is 13.3. The minimum Gasteiger partial charge on any atom is -0.353 e. The van der Waals surface area contributed by atoms with Crippen LogP contribution in [-0.4, -0.2) is 17.6 Å². The van der Waals surface area contributed by atoms with Gasteiger partial charge in [-0.2, -0.15) is 16.6 Å². The van der Waals surface area contributed by atoms with E-state index in [1.807, 2.05) is 35.0 Å². The molecule has 35 heavy (non-hydrogen) atoms. The van der Waals surface area contributed by atoms with Gasteiger partial charge in [0.25, 0.3) is 5.91 Å². The van der Waals surface area contributed by atoms with Crippen LogP contribution in [0.25, 0.3) is 0 Å². The molecule has 1 aliphatic heterocycles. The molecule has 4 rings (SSSR count). The van der Waals surface area contributed by atoms with Crippen molar-refractivity contribution < 1.29 is 14.0 Å². The molecule has 6 nitrogen and oxygen atoms in total. The molecular formula is C26H21FN4O2S2. The highest BCUT2D eigenvalue weighted by molar-refractivity contribution is 8.03. The summed E-state index contributed by atoms with van der Waals surface area (Å²) >= 11 is 2.66. The summed E-state index contributed by atoms with van der Waals surface area (Å²) in [6, 6.07) is 18.8. The van der Waals surface area contributed by atoms with E-state index in [0.29, 0.717) is 33.2 Å². The maximum Gasteiger partial charge on any atom is 0.254 e. The van der Waals surface area contributed by atoms with Crippen molar-refractivity contribution >= 4 is 46.3 Å². The van der Waals surface area contributed by atoms with Crippen molar-refractivity contribution in [1.29, 1.82) is 5.26 Å². The van der Waals surface area contributed by atoms with Gasteiger partial charge < -0.3 is 16.0 Å². The molecular weight excluding hydrogens is 483 g/mol. The van der Waals surface area contributed by atoms with Gasteiger partial charge in [0.15, 0.2) is 0 Å². The molecule has 0 fully saturated rings. The summed E-state index contributed by atoms with van der Waals surface area (Å²) in [7, 11) is 0. The molecule has 0 radical (unpaired) electrons. The Hall–Kier alpha value is -3.87. The lowest BCUT2D eigenvalue weighted by Crippen LogP contribution is -2.31. The summed E-state index contributed by atoms with van der Waals surface area (Å²) in [6.45, 7) is 1.78. The molecule has 9 heteroatoms. The predicted molar refractivity (Wildman–Crippen MR) is 138 cm³/mol. The van der Waals surface area contributed by atoms with Gasteiger partial charge in [-0.25, -0.2) is 4.39 Å². The quantitative estimate of drug-likeness (QED) is 0.390. The van der Waals surface area contributed by atoms with Crippen LogP contribution in [0.5, 0.6) is 0 Å². The van der Waals surface area contributed by atoms with E-state index in [4.69, 9.17) is 0 Å². The van der Waals surface area contributed by atoms with Gasteiger partial charge in [0, 0.05) is 22.6 Å². The van der Waals surface area contributed by atoms with Gasteiger partial charge in [0.05, 0.1) is 28.3 Å². The molecule has 0 aliphatic carbocycles. The number of hydrogen-bond acceptors (Lipinski definition) is 6. The zero-order valence-electron chi connectivity index (χ0n) is 18.7. The summed E-state index contributed by atoms with van der Waals surface area (Å²) in [5.41, 5.74) is 3.39. The minimum atomic E-state index is -0.570. The lowest BCUT2D eigenvalue weighted by molar-refractivity contribution is -0.114. The first-order valence-electron chi connectivity index (χ1n) is 10.6. The highest BCUT2D eigenvalue weighted by atomic mass is 32.2. The number of carbonyl (C=O) groups is 2. The first-order chi connectivity index (χ1) is 17.0. The van der Waals surface area contributed by atoms with Gasteiger partial charge in [-0.1, -0.05) is 30.0 Å². The largest absolute Gasteiger partial charge is 0.353 e. The van der Waals surface area contributed by atoms with E-state index in [2.05, 4.69) is 22.0 Å². The first-order valence-corrected chi connectivity index (χ1v) is 12.6. The van der Waals surface area contributed by atoms with Crippen molar-refractivity contribution in [2.24, 2.45) is 0 Å². The van der Waals surface area contributed by atoms with Gasteiger partial charge in [-0.05, 0) is 65.7 Å². The van der Waals surface area contributed by atoms with Gasteiger partial charge in [-0.15, -0.1) is 0 Å². The van der Waals surface area contributed by atoms with Crippen LogP contribution in [0.3, 0.4) is 0 Å². The number of rotatable bonds is 7. The number of allylic oxidation sites excluding steroid dienone is 2. The van der Waals surface area contributed by atoms with Crippen LogP contribution in [0, 0.1) is 17.1 Å². The van der Waals surface area contributed by atoms with Gasteiger partial charge in [0.1, 0.15) is 5.82 Å². The lowest BCUT2D eigenvalue weighted by Gasteiger charge is -2.29. The zero-order valence-corrected chi connectivity index (χ0v) is 20.3. The van der Waals surface area contributed by atoms with Crippen molar-refractivity contribution in [1.82, 2.24) is 5.32 Å². The standard InChI is InChI=1S/C26H21FN4O2S2/c1-16-23(25(33)31-19-5-3-2-4-6-19)24(17-11-12-34-14-17)21(13-28)26(29-16)35-15-22(32)30-20-9-7-18(27)8-10-20/h2-12,14,24,29H,15H2,1H3,(H,30,32)(H,31,33). The molecule has 1 aromatic heterocycles. The zero-order chi connectivity index (χ0) is 24.8. The predicted octanol–water partition coefficient (Wildman–Crippen LogP) is 5.59. The highest BCUT2D eigenvalue weighted by Gasteiger charge is 2.35. The van der Waals surface area contributed by atoms with Crippen molar-refractivity contribution in [3.63, 3.8) is 0 Å². The van der Waals surface area contributed by atoms with E-state index in [-0.39, 0.29) is 23.4 Å². The topological polar surface area (TPSA) is 94.0 Å². The van der Waals surface area contributed by atoms with Crippen LogP contribution in [0.1, 0.15) is 18.4 Å². The number of thiophene rings is 1. The monoisotopic (exact) mass is 504 g/mol. The van der Waals surface area contributed by atoms with Crippen LogP contribution in [-0.2, 0) is 9.59 Å². The van der Waals surface area contributed by atoms with Gasteiger partial charge >= 0.3 is 0 Å². The lowest BCUT2D eigenvalue weighted by atomic mass is 9.83. The molecule has 1 unspecified atom stereocenters. The van der Waals surface area contributed by atoms with Crippen molar-refractivity contribution in [3.05, 3.63) is 105 Å². The van der Waals surface area contributed by atoms with E-state index in [0.717, 1.165) is 5.56 Å². The first kappa shape index (κ1) is 24.3. The number of thioether (sulfide) groups is 1. The second-order valence-corrected chi connectivity index (χ2v) is 9.44. The Labute approximate surface area is 210 Å². The molecule has 3 N–H and O–H groups in total. The van der Waals surface area contributed by atoms with E-state index in [9.17, 15) is 19.2 Å². The van der Waals surface area contributed by atoms with Crippen LogP contribution in [0.2, 0.25) is 0 Å². The number of nitriles is 1. The second kappa shape index (κ2) is 11.0. The molecule has 2 aromatic carbocycles. The molecule has 3 aromatic rings. The Morgan fingerprint density at radius 2 is 1.80 bits per heavy atom. The number of nitrogens with zero attached hydrogens (tertiary/aromatic N) is 1. The number of para-hydroxylation sites is 1. The molecule has 2 amide bonds. The SMILES string of the molecule is CC1=C(C(=O)Nc2ccccc2)C(c2ccsc2)C(C#N)=C(SCC(=O)Nc2ccc(F)cc2)N1. The fourth-order valence-corrected chi connectivity index (χ4v) is 5.27. The smallest absolute Gasteiger partial charge is 0.254 e. The van der Waals surface area contributed by atoms with E-state index >= 15 is 0 Å². The fourth-order valence-electron chi connectivity index (χ4n) is 3.69. The average Bonchev–Trinajstić information content (AvgIpc) is 3.39. The maximum atomic E-state index is 13.3. The minimum absolute atomic E-state index is 0.0278. The normalized spacial score (nSPS) is 15.3. The molecule has 1 aliphatic rings. The van der Waals surface area contributed by atoms with E-state index < -0.39 is 5.92 Å². The summed E-state index contributed by atoms with van der Waals surface area (Å²) in [5.74, 6) is -1.53. The summed E-state index contributed by atoms with van der Waals surface area (Å²) < 4.78 is 13.1. The summed E-state index contributed by atoms with van der Waals surface area (Å²) in [6.07, 6.45) is 0. The van der Waals surface area contributed by atoms with Crippen LogP contribution < -0.4 is 16.0 Å². The molecule has 0 saturated carbocycles. The van der Waals surface area contributed by atoms with E-state index in [1.165, 1.54) is 47.4 Å². The molecule has 0 saturated heterocycles. The third-order valence-electron chi connectivity index (χ3n) is 5.28. The Bertz CT molecular complexity index is 1330. The number of hydrogen-bond donors (Lipinski definition) is 3. The molecule has 1 atom stereocenters. The number of amides is 2. The number of carbonyl (C=O) groups excluding carboxylic acids is 2. The van der Waals surface area contributed by atoms with Crippen LogP contribution >= 0.6 is 23.1 Å². The molecule has 0 bridgehead atoms. The Morgan fingerprint density at radius 3 is 2.46 bits per heavy atom. The van der Waals surface area contributed by atoms with Gasteiger partial charge in [-0.3, -0.25) is 9.59 Å². The van der Waals surface area contributed by atoms with Gasteiger partial charge in [0.2, 0.25) is 5.91 Å². The number of anilines is 2. The summed E-state index contributed by atoms with van der Waals surface area (Å²) in [5, 5.41) is 23.2. The number of nitrogens with one attached hydrogen (secondary N) is 3. The molecule has 176 valence electrons. The fraction of sp³-hybridized carbons (Fsp3) is 0.115. The van der Waals surface area contributed by atoms with E-state index in [1.54, 1.807) is 19.1 Å². The Kier molecular flexibility index (Phi) is 7.65. The van der Waals surface area contributed by atoms with Crippen LogP contribution in [0.15, 0.2) is 93.3 Å².